The fourth-order valence-corrected chi connectivity index (χ4v) is 5.30. The predicted octanol–water partition coefficient (Wildman–Crippen LogP) is 6.65. The van der Waals surface area contributed by atoms with Gasteiger partial charge in [-0.15, -0.1) is 5.10 Å². The minimum absolute atomic E-state index is 0.113. The summed E-state index contributed by atoms with van der Waals surface area (Å²) in [6.45, 7) is 6.34. The first kappa shape index (κ1) is 29.5. The van der Waals surface area contributed by atoms with Gasteiger partial charge in [-0.25, -0.2) is 13.8 Å². The molecule has 5 aromatic rings. The Kier molecular flexibility index (Phi) is 8.85. The van der Waals surface area contributed by atoms with E-state index in [1.165, 1.54) is 15.3 Å². The van der Waals surface area contributed by atoms with Gasteiger partial charge in [-0.1, -0.05) is 54.1 Å². The van der Waals surface area contributed by atoms with Crippen molar-refractivity contribution in [1.82, 2.24) is 14.3 Å². The molecule has 0 fully saturated rings. The highest BCUT2D eigenvalue weighted by atomic mass is 19.1. The van der Waals surface area contributed by atoms with Crippen LogP contribution < -0.4 is 10.4 Å². The lowest BCUT2D eigenvalue weighted by molar-refractivity contribution is -0.136. The van der Waals surface area contributed by atoms with Crippen molar-refractivity contribution < 1.29 is 19.0 Å². The molecule has 0 saturated carbocycles. The van der Waals surface area contributed by atoms with Crippen LogP contribution in [0.5, 0.6) is 5.75 Å². The number of aromatic nitrogens is 3. The number of hydrogen-bond acceptors (Lipinski definition) is 4. The number of nitrogens with zero attached hydrogens (tertiary/aromatic N) is 3. The number of rotatable bonds is 11. The first-order valence-electron chi connectivity index (χ1n) is 14.4. The molecule has 0 aliphatic rings. The second-order valence-corrected chi connectivity index (χ2v) is 10.6. The Balaban J connectivity index is 1.38. The highest BCUT2D eigenvalue weighted by Crippen LogP contribution is 2.30. The summed E-state index contributed by atoms with van der Waals surface area (Å²) in [5, 5.41) is 14.0. The van der Waals surface area contributed by atoms with Crippen LogP contribution in [-0.2, 0) is 24.1 Å². The average Bonchev–Trinajstić information content (AvgIpc) is 3.30. The molecule has 5 rings (SSSR count). The molecule has 0 saturated heterocycles. The van der Waals surface area contributed by atoms with Crippen LogP contribution in [0.3, 0.4) is 0 Å². The molecule has 1 heterocycles. The number of ether oxygens (including phenoxy) is 1. The van der Waals surface area contributed by atoms with Gasteiger partial charge in [0, 0.05) is 12.0 Å². The van der Waals surface area contributed by atoms with Crippen molar-refractivity contribution in [2.24, 2.45) is 0 Å². The van der Waals surface area contributed by atoms with Crippen LogP contribution in [0.25, 0.3) is 22.5 Å². The highest BCUT2D eigenvalue weighted by molar-refractivity contribution is 5.75. The fourth-order valence-electron chi connectivity index (χ4n) is 5.30. The highest BCUT2D eigenvalue weighted by Gasteiger charge is 2.19. The molecule has 0 bridgehead atoms. The summed E-state index contributed by atoms with van der Waals surface area (Å²) in [5.41, 5.74) is 6.23. The summed E-state index contributed by atoms with van der Waals surface area (Å²) in [6.07, 6.45) is 1.79. The van der Waals surface area contributed by atoms with E-state index in [9.17, 15) is 19.1 Å². The van der Waals surface area contributed by atoms with Crippen molar-refractivity contribution >= 4 is 5.97 Å². The maximum Gasteiger partial charge on any atom is 0.355 e. The number of carboxylic acid groups (broad SMARTS) is 1. The number of aliphatic carboxylic acids is 1. The Bertz CT molecular complexity index is 1820. The van der Waals surface area contributed by atoms with Gasteiger partial charge in [-0.2, -0.15) is 4.68 Å². The molecule has 43 heavy (non-hydrogen) atoms. The second kappa shape index (κ2) is 12.9. The van der Waals surface area contributed by atoms with E-state index in [1.807, 2.05) is 69.3 Å². The van der Waals surface area contributed by atoms with Crippen molar-refractivity contribution in [2.75, 3.05) is 6.61 Å². The average molecular weight is 580 g/mol. The van der Waals surface area contributed by atoms with Gasteiger partial charge in [0.15, 0.2) is 0 Å². The van der Waals surface area contributed by atoms with Crippen molar-refractivity contribution in [3.63, 3.8) is 0 Å². The third-order valence-corrected chi connectivity index (χ3v) is 7.39. The molecular formula is C35H34FN3O4. The Hall–Kier alpha value is -4.98. The Morgan fingerprint density at radius 1 is 0.953 bits per heavy atom. The largest absolute Gasteiger partial charge is 0.494 e. The van der Waals surface area contributed by atoms with Gasteiger partial charge in [0.25, 0.3) is 0 Å². The number of benzene rings is 4. The summed E-state index contributed by atoms with van der Waals surface area (Å²) in [6, 6.07) is 25.6. The van der Waals surface area contributed by atoms with Gasteiger partial charge in [0.2, 0.25) is 0 Å². The molecule has 0 aliphatic heterocycles. The van der Waals surface area contributed by atoms with Crippen LogP contribution >= 0.6 is 0 Å². The summed E-state index contributed by atoms with van der Waals surface area (Å²) in [5.74, 6) is -0.318. The molecule has 0 aliphatic carbocycles. The Morgan fingerprint density at radius 3 is 2.42 bits per heavy atom. The quantitative estimate of drug-likeness (QED) is 0.189. The van der Waals surface area contributed by atoms with E-state index < -0.39 is 17.5 Å². The van der Waals surface area contributed by atoms with Crippen LogP contribution in [0.4, 0.5) is 4.39 Å². The predicted molar refractivity (Wildman–Crippen MR) is 165 cm³/mol. The normalized spacial score (nSPS) is 11.1. The number of para-hydroxylation sites is 1. The molecule has 0 spiro atoms. The SMILES string of the molecule is CCOc1ccc(-c2ccc(CCCc3nn(-c4ccc(C)cc4)c(=O)n3-c3ccccc3F)cc2C)cc1CC(=O)O. The minimum atomic E-state index is -0.908. The summed E-state index contributed by atoms with van der Waals surface area (Å²) >= 11 is 0. The van der Waals surface area contributed by atoms with Gasteiger partial charge in [0.05, 0.1) is 24.4 Å². The van der Waals surface area contributed by atoms with Gasteiger partial charge in [0.1, 0.15) is 17.4 Å². The number of hydrogen-bond donors (Lipinski definition) is 1. The lowest BCUT2D eigenvalue weighted by atomic mass is 9.95. The number of halogens is 1. The lowest BCUT2D eigenvalue weighted by Gasteiger charge is -2.13. The van der Waals surface area contributed by atoms with E-state index in [2.05, 4.69) is 17.2 Å². The molecular weight excluding hydrogens is 545 g/mol. The van der Waals surface area contributed by atoms with Gasteiger partial charge in [-0.05, 0) is 92.3 Å². The van der Waals surface area contributed by atoms with Gasteiger partial charge < -0.3 is 9.84 Å². The zero-order chi connectivity index (χ0) is 30.5. The van der Waals surface area contributed by atoms with Crippen LogP contribution in [0.1, 0.15) is 41.4 Å². The Morgan fingerprint density at radius 2 is 1.72 bits per heavy atom. The minimum Gasteiger partial charge on any atom is -0.494 e. The van der Waals surface area contributed by atoms with E-state index in [-0.39, 0.29) is 12.1 Å². The number of carbonyl (C=O) groups is 1. The molecule has 8 heteroatoms. The molecule has 4 aromatic carbocycles. The van der Waals surface area contributed by atoms with E-state index in [4.69, 9.17) is 4.74 Å². The second-order valence-electron chi connectivity index (χ2n) is 10.6. The van der Waals surface area contributed by atoms with Crippen molar-refractivity contribution in [3.05, 3.63) is 129 Å². The molecule has 0 radical (unpaired) electrons. The zero-order valence-electron chi connectivity index (χ0n) is 24.5. The van der Waals surface area contributed by atoms with Crippen molar-refractivity contribution in [3.8, 4) is 28.3 Å². The van der Waals surface area contributed by atoms with E-state index in [1.54, 1.807) is 18.2 Å². The maximum atomic E-state index is 14.8. The van der Waals surface area contributed by atoms with E-state index in [0.29, 0.717) is 42.3 Å². The van der Waals surface area contributed by atoms with E-state index in [0.717, 1.165) is 34.2 Å². The van der Waals surface area contributed by atoms with Crippen LogP contribution in [0, 0.1) is 19.7 Å². The zero-order valence-corrected chi connectivity index (χ0v) is 24.5. The molecule has 1 aromatic heterocycles. The first-order valence-corrected chi connectivity index (χ1v) is 14.4. The molecule has 0 atom stereocenters. The standard InChI is InChI=1S/C35H34FN3O4/c1-4-43-32-19-15-26(21-27(32)22-34(40)41)29-18-14-25(20-24(29)3)8-7-11-33-37-39(28-16-12-23(2)13-17-28)35(42)38(33)31-10-6-5-9-30(31)36/h5-6,9-10,12-21H,4,7-8,11,22H2,1-3H3,(H,40,41). The lowest BCUT2D eigenvalue weighted by Crippen LogP contribution is -2.24. The number of carboxylic acids is 1. The molecule has 0 unspecified atom stereocenters. The smallest absolute Gasteiger partial charge is 0.355 e. The van der Waals surface area contributed by atoms with Crippen LogP contribution in [0.2, 0.25) is 0 Å². The van der Waals surface area contributed by atoms with Crippen LogP contribution in [-0.4, -0.2) is 32.0 Å². The topological polar surface area (TPSA) is 86.4 Å². The molecule has 0 amide bonds. The van der Waals surface area contributed by atoms with Crippen LogP contribution in [0.15, 0.2) is 89.7 Å². The van der Waals surface area contributed by atoms with Crippen molar-refractivity contribution in [2.45, 2.75) is 46.5 Å². The summed E-state index contributed by atoms with van der Waals surface area (Å²) in [7, 11) is 0. The van der Waals surface area contributed by atoms with Gasteiger partial charge >= 0.3 is 11.7 Å². The fraction of sp³-hybridized carbons (Fsp3) is 0.229. The third kappa shape index (κ3) is 6.59. The Labute approximate surface area is 249 Å². The maximum absolute atomic E-state index is 14.8. The summed E-state index contributed by atoms with van der Waals surface area (Å²) < 4.78 is 23.1. The van der Waals surface area contributed by atoms with Gasteiger partial charge in [-0.3, -0.25) is 4.79 Å². The molecule has 220 valence electrons. The first-order chi connectivity index (χ1) is 20.7. The van der Waals surface area contributed by atoms with E-state index >= 15 is 0 Å². The van der Waals surface area contributed by atoms with Crippen molar-refractivity contribution in [1.29, 1.82) is 0 Å². The monoisotopic (exact) mass is 579 g/mol. The third-order valence-electron chi connectivity index (χ3n) is 7.39. The molecule has 7 nitrogen and oxygen atoms in total. The molecule has 1 N–H and O–H groups in total. The number of aryl methyl sites for hydroxylation is 4. The summed E-state index contributed by atoms with van der Waals surface area (Å²) in [4.78, 5) is 24.9.